The van der Waals surface area contributed by atoms with Crippen molar-refractivity contribution in [1.29, 1.82) is 0 Å². The summed E-state index contributed by atoms with van der Waals surface area (Å²) in [7, 11) is 0. The molecule has 5 heteroatoms. The standard InChI is InChI=1S/C19H22N2O2S/c1-13(20-16(12-22)17-9-6-10-23-17)19-14(2)21-18(24-19)11-15-7-4-3-5-8-15/h3-10,13,16,20,22H,11-12H2,1-2H3. The number of aliphatic hydroxyl groups excluding tert-OH is 1. The number of benzene rings is 1. The van der Waals surface area contributed by atoms with Gasteiger partial charge in [0.15, 0.2) is 0 Å². The van der Waals surface area contributed by atoms with Gasteiger partial charge in [-0.05, 0) is 31.5 Å². The maximum Gasteiger partial charge on any atom is 0.123 e. The summed E-state index contributed by atoms with van der Waals surface area (Å²) in [5.74, 6) is 0.746. The van der Waals surface area contributed by atoms with E-state index in [2.05, 4.69) is 36.5 Å². The summed E-state index contributed by atoms with van der Waals surface area (Å²) >= 11 is 1.73. The van der Waals surface area contributed by atoms with Crippen molar-refractivity contribution in [3.8, 4) is 0 Å². The molecule has 3 aromatic rings. The Balaban J connectivity index is 1.72. The summed E-state index contributed by atoms with van der Waals surface area (Å²) in [6.07, 6.45) is 2.47. The van der Waals surface area contributed by atoms with E-state index in [1.54, 1.807) is 17.6 Å². The largest absolute Gasteiger partial charge is 0.468 e. The average molecular weight is 342 g/mol. The van der Waals surface area contributed by atoms with Crippen LogP contribution in [0.5, 0.6) is 0 Å². The number of hydrogen-bond donors (Lipinski definition) is 2. The maximum atomic E-state index is 9.63. The number of hydrogen-bond acceptors (Lipinski definition) is 5. The zero-order valence-corrected chi connectivity index (χ0v) is 14.7. The Hall–Kier alpha value is -1.95. The Kier molecular flexibility index (Phi) is 5.45. The van der Waals surface area contributed by atoms with Crippen molar-refractivity contribution in [2.45, 2.75) is 32.4 Å². The first-order valence-electron chi connectivity index (χ1n) is 8.07. The van der Waals surface area contributed by atoms with Crippen molar-refractivity contribution in [3.63, 3.8) is 0 Å². The Morgan fingerprint density at radius 2 is 2.00 bits per heavy atom. The van der Waals surface area contributed by atoms with Gasteiger partial charge in [0.2, 0.25) is 0 Å². The van der Waals surface area contributed by atoms with Crippen molar-refractivity contribution in [1.82, 2.24) is 10.3 Å². The lowest BCUT2D eigenvalue weighted by Gasteiger charge is -2.19. The van der Waals surface area contributed by atoms with E-state index in [1.165, 1.54) is 10.4 Å². The predicted octanol–water partition coefficient (Wildman–Crippen LogP) is 4.02. The lowest BCUT2D eigenvalue weighted by atomic mass is 10.1. The highest BCUT2D eigenvalue weighted by atomic mass is 32.1. The molecule has 2 atom stereocenters. The monoisotopic (exact) mass is 342 g/mol. The van der Waals surface area contributed by atoms with Crippen LogP contribution < -0.4 is 5.32 Å². The Morgan fingerprint density at radius 1 is 1.21 bits per heavy atom. The minimum atomic E-state index is -0.214. The smallest absolute Gasteiger partial charge is 0.123 e. The SMILES string of the molecule is Cc1nc(Cc2ccccc2)sc1C(C)NC(CO)c1ccco1. The van der Waals surface area contributed by atoms with Gasteiger partial charge in [0.05, 0.1) is 29.6 Å². The second kappa shape index (κ2) is 7.75. The summed E-state index contributed by atoms with van der Waals surface area (Å²) in [6, 6.07) is 14.0. The van der Waals surface area contributed by atoms with Crippen LogP contribution in [0.15, 0.2) is 53.1 Å². The van der Waals surface area contributed by atoms with Gasteiger partial charge < -0.3 is 9.52 Å². The number of aliphatic hydroxyl groups is 1. The third-order valence-corrected chi connectivity index (χ3v) is 5.33. The first kappa shape index (κ1) is 16.9. The molecule has 0 saturated heterocycles. The van der Waals surface area contributed by atoms with Crippen LogP contribution in [0, 0.1) is 6.92 Å². The Labute approximate surface area is 146 Å². The van der Waals surface area contributed by atoms with Gasteiger partial charge in [0, 0.05) is 17.3 Å². The quantitative estimate of drug-likeness (QED) is 0.681. The molecule has 3 rings (SSSR count). The van der Waals surface area contributed by atoms with E-state index in [4.69, 9.17) is 9.40 Å². The highest BCUT2D eigenvalue weighted by Gasteiger charge is 2.20. The number of aryl methyl sites for hydroxylation is 1. The lowest BCUT2D eigenvalue weighted by molar-refractivity contribution is 0.217. The molecule has 0 saturated carbocycles. The molecular weight excluding hydrogens is 320 g/mol. The Morgan fingerprint density at radius 3 is 2.67 bits per heavy atom. The van der Waals surface area contributed by atoms with Crippen molar-refractivity contribution in [2.75, 3.05) is 6.61 Å². The summed E-state index contributed by atoms with van der Waals surface area (Å²) in [5, 5.41) is 14.2. The molecule has 4 nitrogen and oxygen atoms in total. The molecule has 0 radical (unpaired) electrons. The second-order valence-corrected chi connectivity index (χ2v) is 6.97. The zero-order chi connectivity index (χ0) is 16.9. The van der Waals surface area contributed by atoms with Gasteiger partial charge in [-0.15, -0.1) is 11.3 Å². The van der Waals surface area contributed by atoms with Crippen molar-refractivity contribution in [2.24, 2.45) is 0 Å². The summed E-state index contributed by atoms with van der Waals surface area (Å²) in [6.45, 7) is 4.13. The van der Waals surface area contributed by atoms with Crippen LogP contribution in [-0.2, 0) is 6.42 Å². The number of nitrogens with zero attached hydrogens (tertiary/aromatic N) is 1. The molecule has 2 unspecified atom stereocenters. The normalized spacial score (nSPS) is 13.8. The zero-order valence-electron chi connectivity index (χ0n) is 13.9. The van der Waals surface area contributed by atoms with E-state index in [0.29, 0.717) is 0 Å². The average Bonchev–Trinajstić information content (AvgIpc) is 3.23. The molecule has 24 heavy (non-hydrogen) atoms. The molecule has 2 aromatic heterocycles. The highest BCUT2D eigenvalue weighted by molar-refractivity contribution is 7.11. The predicted molar refractivity (Wildman–Crippen MR) is 96.2 cm³/mol. The van der Waals surface area contributed by atoms with Gasteiger partial charge in [-0.2, -0.15) is 0 Å². The third-order valence-electron chi connectivity index (χ3n) is 3.99. The van der Waals surface area contributed by atoms with Crippen molar-refractivity contribution < 1.29 is 9.52 Å². The molecule has 0 amide bonds. The van der Waals surface area contributed by atoms with E-state index in [0.717, 1.165) is 22.9 Å². The Bertz CT molecular complexity index is 753. The van der Waals surface area contributed by atoms with Crippen LogP contribution in [-0.4, -0.2) is 16.7 Å². The fourth-order valence-corrected chi connectivity index (χ4v) is 3.92. The van der Waals surface area contributed by atoms with Gasteiger partial charge in [0.1, 0.15) is 5.76 Å². The molecule has 126 valence electrons. The van der Waals surface area contributed by atoms with Gasteiger partial charge in [-0.25, -0.2) is 4.98 Å². The minimum Gasteiger partial charge on any atom is -0.468 e. The van der Waals surface area contributed by atoms with Crippen LogP contribution in [0.4, 0.5) is 0 Å². The van der Waals surface area contributed by atoms with E-state index >= 15 is 0 Å². The van der Waals surface area contributed by atoms with Gasteiger partial charge in [-0.1, -0.05) is 30.3 Å². The molecular formula is C19H22N2O2S. The topological polar surface area (TPSA) is 58.3 Å². The maximum absolute atomic E-state index is 9.63. The van der Waals surface area contributed by atoms with Crippen LogP contribution in [0.3, 0.4) is 0 Å². The number of rotatable bonds is 7. The van der Waals surface area contributed by atoms with Crippen LogP contribution in [0.1, 0.15) is 45.9 Å². The van der Waals surface area contributed by atoms with E-state index in [9.17, 15) is 5.11 Å². The fourth-order valence-electron chi connectivity index (χ4n) is 2.81. The first-order chi connectivity index (χ1) is 11.7. The van der Waals surface area contributed by atoms with Gasteiger partial charge in [-0.3, -0.25) is 5.32 Å². The molecule has 1 aromatic carbocycles. The summed E-state index contributed by atoms with van der Waals surface area (Å²) < 4.78 is 5.40. The summed E-state index contributed by atoms with van der Waals surface area (Å²) in [4.78, 5) is 5.92. The lowest BCUT2D eigenvalue weighted by Crippen LogP contribution is -2.26. The third kappa shape index (κ3) is 3.93. The number of aromatic nitrogens is 1. The van der Waals surface area contributed by atoms with Crippen molar-refractivity contribution in [3.05, 3.63) is 75.6 Å². The molecule has 2 heterocycles. The van der Waals surface area contributed by atoms with Gasteiger partial charge in [0.25, 0.3) is 0 Å². The molecule has 2 N–H and O–H groups in total. The number of nitrogens with one attached hydrogen (secondary N) is 1. The van der Waals surface area contributed by atoms with Crippen LogP contribution in [0.25, 0.3) is 0 Å². The summed E-state index contributed by atoms with van der Waals surface area (Å²) in [5.41, 5.74) is 2.31. The van der Waals surface area contributed by atoms with Gasteiger partial charge >= 0.3 is 0 Å². The molecule has 0 aliphatic heterocycles. The van der Waals surface area contributed by atoms with E-state index < -0.39 is 0 Å². The number of furan rings is 1. The molecule has 0 aliphatic carbocycles. The molecule has 0 aliphatic rings. The molecule has 0 spiro atoms. The molecule has 0 fully saturated rings. The van der Waals surface area contributed by atoms with Crippen LogP contribution in [0.2, 0.25) is 0 Å². The second-order valence-electron chi connectivity index (χ2n) is 5.86. The van der Waals surface area contributed by atoms with Crippen LogP contribution >= 0.6 is 11.3 Å². The molecule has 0 bridgehead atoms. The number of thiazole rings is 1. The highest BCUT2D eigenvalue weighted by Crippen LogP contribution is 2.28. The van der Waals surface area contributed by atoms with E-state index in [-0.39, 0.29) is 18.7 Å². The minimum absolute atomic E-state index is 0.00736. The fraction of sp³-hybridized carbons (Fsp3) is 0.316. The first-order valence-corrected chi connectivity index (χ1v) is 8.89. The van der Waals surface area contributed by atoms with E-state index in [1.807, 2.05) is 25.1 Å². The van der Waals surface area contributed by atoms with Crippen molar-refractivity contribution >= 4 is 11.3 Å².